The van der Waals surface area contributed by atoms with Crippen LogP contribution in [-0.4, -0.2) is 40.3 Å². The van der Waals surface area contributed by atoms with Crippen LogP contribution in [0.3, 0.4) is 0 Å². The van der Waals surface area contributed by atoms with Crippen molar-refractivity contribution < 1.29 is 14.4 Å². The number of allylic oxidation sites excluding steroid dienone is 2. The van der Waals surface area contributed by atoms with Crippen molar-refractivity contribution in [2.24, 2.45) is 5.41 Å². The minimum absolute atomic E-state index is 0.0394. The Morgan fingerprint density at radius 2 is 1.95 bits per heavy atom. The molecule has 1 saturated heterocycles. The van der Waals surface area contributed by atoms with Gasteiger partial charge < -0.3 is 10.6 Å². The quantitative estimate of drug-likeness (QED) is 0.546. The second-order valence-corrected chi connectivity index (χ2v) is 6.63. The molecule has 2 rings (SSSR count). The molecule has 2 aliphatic heterocycles. The number of hydrogen-bond donors (Lipinski definition) is 2. The molecule has 0 aromatic rings. The van der Waals surface area contributed by atoms with Gasteiger partial charge in [0.1, 0.15) is 18.9 Å². The first-order valence-corrected chi connectivity index (χ1v) is 7.21. The highest BCUT2D eigenvalue weighted by atomic mass is 35.5. The number of nitrogens with zero attached hydrogens (tertiary/aromatic N) is 2. The van der Waals surface area contributed by atoms with Crippen LogP contribution in [0.25, 0.3) is 0 Å². The molecular weight excluding hydrogens is 308 g/mol. The van der Waals surface area contributed by atoms with E-state index in [1.807, 2.05) is 20.8 Å². The molecule has 22 heavy (non-hydrogen) atoms. The number of amides is 3. The molecule has 0 saturated carbocycles. The van der Waals surface area contributed by atoms with E-state index in [2.05, 4.69) is 10.6 Å². The number of rotatable bonds is 1. The molecule has 0 radical (unpaired) electrons. The monoisotopic (exact) mass is 326 g/mol. The van der Waals surface area contributed by atoms with Gasteiger partial charge in [-0.3, -0.25) is 23.7 Å². The van der Waals surface area contributed by atoms with Gasteiger partial charge in [0.15, 0.2) is 0 Å². The number of piperazine rings is 1. The van der Waals surface area contributed by atoms with Gasteiger partial charge in [0.05, 0.1) is 5.70 Å². The zero-order valence-corrected chi connectivity index (χ0v) is 13.7. The number of hydrogen-bond acceptors (Lipinski definition) is 5. The summed E-state index contributed by atoms with van der Waals surface area (Å²) in [5.74, 6) is -1.42. The molecule has 0 spiro atoms. The molecule has 2 aliphatic rings. The SMILES string of the molecule is CC(=O)N1CC(=O)NC(=CC2=C(C(C)(C)C)NCN2Cl)C1=O. The van der Waals surface area contributed by atoms with Gasteiger partial charge in [-0.2, -0.15) is 0 Å². The molecule has 2 heterocycles. The first-order chi connectivity index (χ1) is 10.1. The summed E-state index contributed by atoms with van der Waals surface area (Å²) in [6.45, 7) is 7.40. The number of halogens is 1. The molecule has 8 heteroatoms. The maximum atomic E-state index is 12.3. The maximum absolute atomic E-state index is 12.3. The number of carbonyl (C=O) groups excluding carboxylic acids is 3. The van der Waals surface area contributed by atoms with Crippen molar-refractivity contribution in [1.29, 1.82) is 0 Å². The predicted octanol–water partition coefficient (Wildman–Crippen LogP) is 0.649. The van der Waals surface area contributed by atoms with Crippen LogP contribution in [0, 0.1) is 5.41 Å². The first kappa shape index (κ1) is 16.4. The molecule has 1 fully saturated rings. The van der Waals surface area contributed by atoms with Gasteiger partial charge in [0, 0.05) is 29.8 Å². The average molecular weight is 327 g/mol. The average Bonchev–Trinajstić information content (AvgIpc) is 2.74. The lowest BCUT2D eigenvalue weighted by Crippen LogP contribution is -2.51. The molecule has 0 atom stereocenters. The fourth-order valence-corrected chi connectivity index (χ4v) is 2.52. The summed E-state index contributed by atoms with van der Waals surface area (Å²) in [6.07, 6.45) is 1.50. The molecule has 0 aromatic carbocycles. The van der Waals surface area contributed by atoms with E-state index in [0.717, 1.165) is 10.6 Å². The van der Waals surface area contributed by atoms with Crippen LogP contribution in [0.15, 0.2) is 23.2 Å². The Morgan fingerprint density at radius 1 is 1.32 bits per heavy atom. The second kappa shape index (κ2) is 5.64. The fraction of sp³-hybridized carbons (Fsp3) is 0.500. The Labute approximate surface area is 134 Å². The van der Waals surface area contributed by atoms with Crippen LogP contribution >= 0.6 is 11.8 Å². The zero-order valence-electron chi connectivity index (χ0n) is 13.0. The summed E-state index contributed by atoms with van der Waals surface area (Å²) in [6, 6.07) is 0. The lowest BCUT2D eigenvalue weighted by atomic mass is 9.91. The van der Waals surface area contributed by atoms with Crippen molar-refractivity contribution >= 4 is 29.5 Å². The summed E-state index contributed by atoms with van der Waals surface area (Å²) < 4.78 is 1.43. The lowest BCUT2D eigenvalue weighted by molar-refractivity contribution is -0.147. The van der Waals surface area contributed by atoms with Gasteiger partial charge in [0.25, 0.3) is 5.91 Å². The van der Waals surface area contributed by atoms with Gasteiger partial charge in [-0.25, -0.2) is 0 Å². The van der Waals surface area contributed by atoms with E-state index in [9.17, 15) is 14.4 Å². The summed E-state index contributed by atoms with van der Waals surface area (Å²) in [7, 11) is 0. The van der Waals surface area contributed by atoms with Crippen molar-refractivity contribution in [2.45, 2.75) is 27.7 Å². The van der Waals surface area contributed by atoms with Crippen molar-refractivity contribution in [1.82, 2.24) is 20.0 Å². The summed E-state index contributed by atoms with van der Waals surface area (Å²) in [5.41, 5.74) is 1.29. The number of carbonyl (C=O) groups is 3. The van der Waals surface area contributed by atoms with Crippen LogP contribution < -0.4 is 10.6 Å². The number of nitrogens with one attached hydrogen (secondary N) is 2. The van der Waals surface area contributed by atoms with E-state index in [0.29, 0.717) is 12.4 Å². The molecule has 0 aliphatic carbocycles. The van der Waals surface area contributed by atoms with Crippen molar-refractivity contribution in [2.75, 3.05) is 13.2 Å². The molecule has 120 valence electrons. The highest BCUT2D eigenvalue weighted by molar-refractivity contribution is 6.15. The maximum Gasteiger partial charge on any atom is 0.277 e. The fourth-order valence-electron chi connectivity index (χ4n) is 2.33. The van der Waals surface area contributed by atoms with Gasteiger partial charge in [-0.15, -0.1) is 0 Å². The Kier molecular flexibility index (Phi) is 4.19. The third-order valence-electron chi connectivity index (χ3n) is 3.37. The summed E-state index contributed by atoms with van der Waals surface area (Å²) in [4.78, 5) is 36.3. The largest absolute Gasteiger partial charge is 0.368 e. The molecule has 0 aromatic heterocycles. The van der Waals surface area contributed by atoms with E-state index in [4.69, 9.17) is 11.8 Å². The van der Waals surface area contributed by atoms with Gasteiger partial charge in [0.2, 0.25) is 11.8 Å². The third-order valence-corrected chi connectivity index (χ3v) is 3.68. The highest BCUT2D eigenvalue weighted by Gasteiger charge is 2.33. The highest BCUT2D eigenvalue weighted by Crippen LogP contribution is 2.32. The lowest BCUT2D eigenvalue weighted by Gasteiger charge is -2.26. The van der Waals surface area contributed by atoms with Crippen LogP contribution in [0.1, 0.15) is 27.7 Å². The van der Waals surface area contributed by atoms with Crippen LogP contribution in [0.5, 0.6) is 0 Å². The Morgan fingerprint density at radius 3 is 2.50 bits per heavy atom. The van der Waals surface area contributed by atoms with Crippen LogP contribution in [0.4, 0.5) is 0 Å². The van der Waals surface area contributed by atoms with Crippen molar-refractivity contribution in [3.05, 3.63) is 23.2 Å². The van der Waals surface area contributed by atoms with E-state index in [1.54, 1.807) is 0 Å². The molecular formula is C14H19ClN4O3. The second-order valence-electron chi connectivity index (χ2n) is 6.22. The van der Waals surface area contributed by atoms with Gasteiger partial charge in [-0.05, 0) is 6.08 Å². The topological polar surface area (TPSA) is 81.8 Å². The normalized spacial score (nSPS) is 21.4. The van der Waals surface area contributed by atoms with Crippen molar-refractivity contribution in [3.63, 3.8) is 0 Å². The standard InChI is InChI=1S/C14H19ClN4O3/c1-8(20)18-6-11(21)17-9(13(18)22)5-10-12(14(2,3)4)16-7-19(10)15/h5,16H,6-7H2,1-4H3,(H,17,21). The van der Waals surface area contributed by atoms with Crippen LogP contribution in [0.2, 0.25) is 0 Å². The van der Waals surface area contributed by atoms with E-state index in [1.165, 1.54) is 17.4 Å². The molecule has 7 nitrogen and oxygen atoms in total. The molecule has 2 N–H and O–H groups in total. The van der Waals surface area contributed by atoms with Gasteiger partial charge >= 0.3 is 0 Å². The molecule has 0 bridgehead atoms. The smallest absolute Gasteiger partial charge is 0.277 e. The Balaban J connectivity index is 2.44. The number of imide groups is 1. The minimum atomic E-state index is -0.537. The van der Waals surface area contributed by atoms with E-state index < -0.39 is 17.7 Å². The predicted molar refractivity (Wildman–Crippen MR) is 80.8 cm³/mol. The van der Waals surface area contributed by atoms with Gasteiger partial charge in [-0.1, -0.05) is 20.8 Å². The van der Waals surface area contributed by atoms with Crippen molar-refractivity contribution in [3.8, 4) is 0 Å². The molecule has 0 unspecified atom stereocenters. The molecule has 3 amide bonds. The zero-order chi connectivity index (χ0) is 16.7. The third kappa shape index (κ3) is 3.09. The van der Waals surface area contributed by atoms with Crippen LogP contribution in [-0.2, 0) is 14.4 Å². The minimum Gasteiger partial charge on any atom is -0.368 e. The summed E-state index contributed by atoms with van der Waals surface area (Å²) >= 11 is 6.15. The Bertz CT molecular complexity index is 604. The van der Waals surface area contributed by atoms with E-state index >= 15 is 0 Å². The van der Waals surface area contributed by atoms with E-state index in [-0.39, 0.29) is 17.7 Å². The first-order valence-electron chi connectivity index (χ1n) is 6.87. The Hall–Kier alpha value is -2.02. The summed E-state index contributed by atoms with van der Waals surface area (Å²) in [5, 5.41) is 5.67.